The Bertz CT molecular complexity index is 991. The van der Waals surface area contributed by atoms with Gasteiger partial charge < -0.3 is 10.2 Å². The number of carbonyl (C=O) groups is 1. The van der Waals surface area contributed by atoms with Gasteiger partial charge in [-0.15, -0.1) is 5.10 Å². The predicted molar refractivity (Wildman–Crippen MR) is 100 cm³/mol. The molecule has 3 aromatic rings. The summed E-state index contributed by atoms with van der Waals surface area (Å²) in [5.74, 6) is -0.314. The quantitative estimate of drug-likeness (QED) is 0.780. The molecule has 0 saturated carbocycles. The lowest BCUT2D eigenvalue weighted by Gasteiger charge is -2.17. The van der Waals surface area contributed by atoms with Gasteiger partial charge >= 0.3 is 0 Å². The van der Waals surface area contributed by atoms with Crippen molar-refractivity contribution in [1.82, 2.24) is 15.0 Å². The molecule has 0 spiro atoms. The number of hydrogen-bond donors (Lipinski definition) is 1. The van der Waals surface area contributed by atoms with Crippen molar-refractivity contribution in [2.24, 2.45) is 0 Å². The molecular formula is C19H19N5O2. The summed E-state index contributed by atoms with van der Waals surface area (Å²) in [4.78, 5) is 27.0. The standard InChI is InChI=1S/C19H19N5O2/c25-18(13-24-19(26)16-5-1-2-6-17(16)21-22-24)20-14-7-9-15(10-8-14)23-11-3-4-12-23/h1-2,5-10H,3-4,11-13H2,(H,20,25). The highest BCUT2D eigenvalue weighted by atomic mass is 16.2. The van der Waals surface area contributed by atoms with Gasteiger partial charge in [0, 0.05) is 24.5 Å². The van der Waals surface area contributed by atoms with Gasteiger partial charge in [-0.05, 0) is 49.2 Å². The molecule has 1 aliphatic heterocycles. The summed E-state index contributed by atoms with van der Waals surface area (Å²) in [6.07, 6.45) is 2.44. The minimum atomic E-state index is -0.324. The van der Waals surface area contributed by atoms with Crippen molar-refractivity contribution in [2.45, 2.75) is 19.4 Å². The molecule has 7 heteroatoms. The third-order valence-electron chi connectivity index (χ3n) is 4.54. The number of nitrogens with zero attached hydrogens (tertiary/aromatic N) is 4. The van der Waals surface area contributed by atoms with E-state index in [1.54, 1.807) is 24.3 Å². The largest absolute Gasteiger partial charge is 0.372 e. The third-order valence-corrected chi connectivity index (χ3v) is 4.54. The van der Waals surface area contributed by atoms with Crippen molar-refractivity contribution in [1.29, 1.82) is 0 Å². The molecule has 26 heavy (non-hydrogen) atoms. The second-order valence-corrected chi connectivity index (χ2v) is 6.36. The van der Waals surface area contributed by atoms with E-state index < -0.39 is 0 Å². The van der Waals surface area contributed by atoms with Crippen LogP contribution in [-0.4, -0.2) is 34.0 Å². The Kier molecular flexibility index (Phi) is 4.35. The van der Waals surface area contributed by atoms with E-state index in [1.165, 1.54) is 12.8 Å². The van der Waals surface area contributed by atoms with E-state index >= 15 is 0 Å². The van der Waals surface area contributed by atoms with E-state index in [4.69, 9.17) is 0 Å². The Morgan fingerprint density at radius 1 is 1.04 bits per heavy atom. The van der Waals surface area contributed by atoms with Crippen LogP contribution in [0.2, 0.25) is 0 Å². The average Bonchev–Trinajstić information content (AvgIpc) is 3.20. The van der Waals surface area contributed by atoms with Crippen molar-refractivity contribution in [3.63, 3.8) is 0 Å². The van der Waals surface area contributed by atoms with E-state index in [9.17, 15) is 9.59 Å². The predicted octanol–water partition coefficient (Wildman–Crippen LogP) is 2.03. The highest BCUT2D eigenvalue weighted by Crippen LogP contribution is 2.22. The number of fused-ring (bicyclic) bond motifs is 1. The van der Waals surface area contributed by atoms with Crippen molar-refractivity contribution < 1.29 is 4.79 Å². The number of nitrogens with one attached hydrogen (secondary N) is 1. The molecule has 132 valence electrons. The summed E-state index contributed by atoms with van der Waals surface area (Å²) < 4.78 is 1.08. The highest BCUT2D eigenvalue weighted by molar-refractivity contribution is 5.90. The number of anilines is 2. The molecule has 2 heterocycles. The molecule has 1 amide bonds. The number of carbonyl (C=O) groups excluding carboxylic acids is 1. The molecular weight excluding hydrogens is 330 g/mol. The van der Waals surface area contributed by atoms with Crippen molar-refractivity contribution in [2.75, 3.05) is 23.3 Å². The molecule has 4 rings (SSSR count). The highest BCUT2D eigenvalue weighted by Gasteiger charge is 2.13. The third kappa shape index (κ3) is 3.28. The van der Waals surface area contributed by atoms with Crippen LogP contribution in [0.25, 0.3) is 10.9 Å². The zero-order chi connectivity index (χ0) is 17.9. The van der Waals surface area contributed by atoms with Gasteiger partial charge in [-0.2, -0.15) is 0 Å². The van der Waals surface area contributed by atoms with Crippen molar-refractivity contribution in [3.8, 4) is 0 Å². The fourth-order valence-electron chi connectivity index (χ4n) is 3.19. The van der Waals surface area contributed by atoms with Crippen LogP contribution in [-0.2, 0) is 11.3 Å². The van der Waals surface area contributed by atoms with Crippen LogP contribution in [0.5, 0.6) is 0 Å². The summed E-state index contributed by atoms with van der Waals surface area (Å²) in [5, 5.41) is 11.1. The van der Waals surface area contributed by atoms with E-state index in [0.717, 1.165) is 23.5 Å². The summed E-state index contributed by atoms with van der Waals surface area (Å²) in [7, 11) is 0. The van der Waals surface area contributed by atoms with Gasteiger partial charge in [-0.3, -0.25) is 9.59 Å². The van der Waals surface area contributed by atoms with Gasteiger partial charge in [0.2, 0.25) is 5.91 Å². The summed E-state index contributed by atoms with van der Waals surface area (Å²) >= 11 is 0. The molecule has 2 aromatic carbocycles. The summed E-state index contributed by atoms with van der Waals surface area (Å²) in [6, 6.07) is 14.7. The zero-order valence-corrected chi connectivity index (χ0v) is 14.3. The molecule has 0 aliphatic carbocycles. The SMILES string of the molecule is O=C(Cn1nnc2ccccc2c1=O)Nc1ccc(N2CCCC2)cc1. The first-order valence-corrected chi connectivity index (χ1v) is 8.68. The molecule has 7 nitrogen and oxygen atoms in total. The van der Waals surface area contributed by atoms with Gasteiger partial charge in [-0.25, -0.2) is 4.68 Å². The molecule has 1 aromatic heterocycles. The number of amides is 1. The molecule has 1 saturated heterocycles. The van der Waals surface area contributed by atoms with Gasteiger partial charge in [0.15, 0.2) is 0 Å². The number of rotatable bonds is 4. The minimum absolute atomic E-state index is 0.176. The van der Waals surface area contributed by atoms with Gasteiger partial charge in [-0.1, -0.05) is 17.3 Å². The topological polar surface area (TPSA) is 80.1 Å². The molecule has 0 atom stereocenters. The molecule has 0 unspecified atom stereocenters. The Morgan fingerprint density at radius 2 is 1.77 bits per heavy atom. The first-order chi connectivity index (χ1) is 12.7. The number of hydrogen-bond acceptors (Lipinski definition) is 5. The maximum absolute atomic E-state index is 12.4. The van der Waals surface area contributed by atoms with Crippen LogP contribution in [0.15, 0.2) is 53.3 Å². The fraction of sp³-hybridized carbons (Fsp3) is 0.263. The Balaban J connectivity index is 1.45. The minimum Gasteiger partial charge on any atom is -0.372 e. The second kappa shape index (κ2) is 6.95. The van der Waals surface area contributed by atoms with Gasteiger partial charge in [0.25, 0.3) is 5.56 Å². The molecule has 1 N–H and O–H groups in total. The first-order valence-electron chi connectivity index (χ1n) is 8.68. The lowest BCUT2D eigenvalue weighted by atomic mass is 10.2. The Morgan fingerprint density at radius 3 is 2.54 bits per heavy atom. The van der Waals surface area contributed by atoms with E-state index in [0.29, 0.717) is 16.6 Å². The normalized spacial score (nSPS) is 13.9. The smallest absolute Gasteiger partial charge is 0.278 e. The molecule has 0 radical (unpaired) electrons. The van der Waals surface area contributed by atoms with Gasteiger partial charge in [0.05, 0.1) is 5.39 Å². The summed E-state index contributed by atoms with van der Waals surface area (Å²) in [5.41, 5.74) is 2.05. The molecule has 0 bridgehead atoms. The van der Waals surface area contributed by atoms with Crippen LogP contribution in [0, 0.1) is 0 Å². The maximum Gasteiger partial charge on any atom is 0.278 e. The van der Waals surface area contributed by atoms with Crippen LogP contribution in [0.4, 0.5) is 11.4 Å². The van der Waals surface area contributed by atoms with Gasteiger partial charge in [0.1, 0.15) is 12.1 Å². The average molecular weight is 349 g/mol. The van der Waals surface area contributed by atoms with Crippen LogP contribution in [0.3, 0.4) is 0 Å². The van der Waals surface area contributed by atoms with Crippen LogP contribution < -0.4 is 15.8 Å². The molecule has 1 fully saturated rings. The fourth-order valence-corrected chi connectivity index (χ4v) is 3.19. The van der Waals surface area contributed by atoms with E-state index in [-0.39, 0.29) is 18.0 Å². The zero-order valence-electron chi connectivity index (χ0n) is 14.3. The number of aromatic nitrogens is 3. The Labute approximate surface area is 150 Å². The monoisotopic (exact) mass is 349 g/mol. The number of benzene rings is 2. The van der Waals surface area contributed by atoms with Crippen molar-refractivity contribution >= 4 is 28.2 Å². The van der Waals surface area contributed by atoms with Crippen LogP contribution >= 0.6 is 0 Å². The lowest BCUT2D eigenvalue weighted by Crippen LogP contribution is -2.30. The second-order valence-electron chi connectivity index (χ2n) is 6.36. The van der Waals surface area contributed by atoms with Crippen LogP contribution in [0.1, 0.15) is 12.8 Å². The van der Waals surface area contributed by atoms with Crippen molar-refractivity contribution in [3.05, 3.63) is 58.9 Å². The first kappa shape index (κ1) is 16.3. The Hall–Kier alpha value is -3.22. The van der Waals surface area contributed by atoms with E-state index in [2.05, 4.69) is 20.5 Å². The maximum atomic E-state index is 12.4. The molecule has 1 aliphatic rings. The lowest BCUT2D eigenvalue weighted by molar-refractivity contribution is -0.117. The summed E-state index contributed by atoms with van der Waals surface area (Å²) in [6.45, 7) is 1.98. The van der Waals surface area contributed by atoms with E-state index in [1.807, 2.05) is 24.3 Å².